The zero-order chi connectivity index (χ0) is 23.1. The van der Waals surface area contributed by atoms with Gasteiger partial charge in [0.2, 0.25) is 5.91 Å². The van der Waals surface area contributed by atoms with Crippen LogP contribution in [0.3, 0.4) is 0 Å². The number of aliphatic imine (C=N–C) groups is 1. The van der Waals surface area contributed by atoms with Crippen LogP contribution in [0, 0.1) is 0 Å². The van der Waals surface area contributed by atoms with Crippen LogP contribution in [0.5, 0.6) is 0 Å². The highest BCUT2D eigenvalue weighted by molar-refractivity contribution is 7.98. The molecule has 1 unspecified atom stereocenters. The third-order valence-electron chi connectivity index (χ3n) is 6.12. The maximum Gasteiger partial charge on any atom is 0.233 e. The second-order valence-corrected chi connectivity index (χ2v) is 8.97. The van der Waals surface area contributed by atoms with Gasteiger partial charge in [-0.1, -0.05) is 29.5 Å². The number of nitrogens with zero attached hydrogens (tertiary/aromatic N) is 6. The summed E-state index contributed by atoms with van der Waals surface area (Å²) >= 11 is 1.69. The number of amides is 1. The Morgan fingerprint density at radius 1 is 1.09 bits per heavy atom. The molecule has 8 nitrogen and oxygen atoms in total. The average molecular weight is 468 g/mol. The summed E-state index contributed by atoms with van der Waals surface area (Å²) in [6.07, 6.45) is 3.96. The Balaban J connectivity index is 1.42. The number of thioether (sulfide) groups is 1. The first-order valence-electron chi connectivity index (χ1n) is 10.9. The van der Waals surface area contributed by atoms with E-state index in [0.717, 1.165) is 39.0 Å². The minimum Gasteiger partial charge on any atom is -0.345 e. The van der Waals surface area contributed by atoms with Gasteiger partial charge in [0.05, 0.1) is 35.0 Å². The quantitative estimate of drug-likeness (QED) is 0.381. The number of benzene rings is 3. The van der Waals surface area contributed by atoms with Crippen molar-refractivity contribution in [2.45, 2.75) is 24.0 Å². The van der Waals surface area contributed by atoms with Crippen molar-refractivity contribution < 1.29 is 4.79 Å². The predicted molar refractivity (Wildman–Crippen MR) is 134 cm³/mol. The van der Waals surface area contributed by atoms with Crippen LogP contribution in [0.4, 0.5) is 5.69 Å². The van der Waals surface area contributed by atoms with Crippen LogP contribution in [0.2, 0.25) is 0 Å². The molecule has 1 aliphatic heterocycles. The lowest BCUT2D eigenvalue weighted by molar-refractivity contribution is -0.116. The Labute approximate surface area is 199 Å². The fraction of sp³-hybridized carbons (Fsp3) is 0.160. The molecule has 0 radical (unpaired) electrons. The third-order valence-corrected chi connectivity index (χ3v) is 6.86. The van der Waals surface area contributed by atoms with Crippen molar-refractivity contribution in [2.24, 2.45) is 4.99 Å². The van der Waals surface area contributed by atoms with Crippen molar-refractivity contribution in [3.63, 3.8) is 0 Å². The van der Waals surface area contributed by atoms with Crippen molar-refractivity contribution in [1.29, 1.82) is 0 Å². The lowest BCUT2D eigenvalue weighted by atomic mass is 10.0. The van der Waals surface area contributed by atoms with E-state index in [2.05, 4.69) is 50.8 Å². The van der Waals surface area contributed by atoms with Crippen molar-refractivity contribution in [1.82, 2.24) is 25.0 Å². The molecule has 168 valence electrons. The molecule has 34 heavy (non-hydrogen) atoms. The number of anilines is 1. The Morgan fingerprint density at radius 2 is 1.94 bits per heavy atom. The fourth-order valence-electron chi connectivity index (χ4n) is 4.45. The minimum absolute atomic E-state index is 0.0139. The standard InChI is InChI=1S/C25H21N7OS/c1-34-18-9-6-16(7-10-18)25-22(28-15-31-23-5-3-2-4-20(23)29-30-31)13-24(33)32(25)17-8-11-19-21(12-17)27-14-26-19/h2-12,14,25H,13,15H2,1H3,(H,26,27). The molecule has 5 aromatic rings. The number of imidazole rings is 1. The van der Waals surface area contributed by atoms with E-state index in [0.29, 0.717) is 6.67 Å². The SMILES string of the molecule is CSc1ccc(C2C(=NCn3nnc4ccccc43)CC(=O)N2c2ccc3nc[nH]c3c2)cc1. The van der Waals surface area contributed by atoms with Gasteiger partial charge in [-0.3, -0.25) is 14.7 Å². The van der Waals surface area contributed by atoms with Gasteiger partial charge in [-0.05, 0) is 54.3 Å². The summed E-state index contributed by atoms with van der Waals surface area (Å²) in [4.78, 5) is 28.7. The molecule has 1 aliphatic rings. The van der Waals surface area contributed by atoms with Crippen molar-refractivity contribution in [3.8, 4) is 0 Å². The summed E-state index contributed by atoms with van der Waals surface area (Å²) in [5.41, 5.74) is 6.14. The number of H-pyrrole nitrogens is 1. The number of hydrogen-bond acceptors (Lipinski definition) is 6. The Kier molecular flexibility index (Phi) is 5.10. The van der Waals surface area contributed by atoms with Gasteiger partial charge >= 0.3 is 0 Å². The number of carbonyl (C=O) groups is 1. The van der Waals surface area contributed by atoms with E-state index in [1.54, 1.807) is 22.8 Å². The van der Waals surface area contributed by atoms with Crippen LogP contribution in [-0.2, 0) is 11.5 Å². The number of para-hydroxylation sites is 1. The molecule has 1 saturated heterocycles. The van der Waals surface area contributed by atoms with Crippen LogP contribution >= 0.6 is 11.8 Å². The zero-order valence-corrected chi connectivity index (χ0v) is 19.2. The molecule has 0 bridgehead atoms. The monoisotopic (exact) mass is 467 g/mol. The molecule has 1 atom stereocenters. The summed E-state index contributed by atoms with van der Waals surface area (Å²) in [7, 11) is 0. The van der Waals surface area contributed by atoms with Crippen molar-refractivity contribution >= 4 is 51.1 Å². The Hall–Kier alpha value is -3.98. The van der Waals surface area contributed by atoms with E-state index in [4.69, 9.17) is 4.99 Å². The van der Waals surface area contributed by atoms with E-state index in [1.807, 2.05) is 47.4 Å². The minimum atomic E-state index is -0.293. The molecule has 3 aromatic carbocycles. The molecule has 0 spiro atoms. The summed E-state index contributed by atoms with van der Waals surface area (Å²) in [6, 6.07) is 21.7. The van der Waals surface area contributed by atoms with Crippen LogP contribution in [0.1, 0.15) is 18.0 Å². The molecular weight excluding hydrogens is 446 g/mol. The highest BCUT2D eigenvalue weighted by Gasteiger charge is 2.39. The molecule has 1 fully saturated rings. The number of carbonyl (C=O) groups excluding carboxylic acids is 1. The molecule has 0 aliphatic carbocycles. The molecule has 2 aromatic heterocycles. The van der Waals surface area contributed by atoms with Gasteiger partial charge < -0.3 is 4.98 Å². The maximum absolute atomic E-state index is 13.3. The summed E-state index contributed by atoms with van der Waals surface area (Å²) < 4.78 is 1.76. The first kappa shape index (κ1) is 20.6. The second kappa shape index (κ2) is 8.42. The van der Waals surface area contributed by atoms with E-state index < -0.39 is 0 Å². The summed E-state index contributed by atoms with van der Waals surface area (Å²) in [5, 5.41) is 8.46. The lowest BCUT2D eigenvalue weighted by Gasteiger charge is -2.25. The normalized spacial score (nSPS) is 17.4. The fourth-order valence-corrected chi connectivity index (χ4v) is 4.85. The first-order valence-corrected chi connectivity index (χ1v) is 12.1. The zero-order valence-electron chi connectivity index (χ0n) is 18.4. The Bertz CT molecular complexity index is 1540. The van der Waals surface area contributed by atoms with Crippen LogP contribution < -0.4 is 4.90 Å². The highest BCUT2D eigenvalue weighted by atomic mass is 32.2. The molecule has 0 saturated carbocycles. The average Bonchev–Trinajstić information content (AvgIpc) is 3.59. The molecular formula is C25H21N7OS. The predicted octanol–water partition coefficient (Wildman–Crippen LogP) is 4.61. The molecule has 3 heterocycles. The highest BCUT2D eigenvalue weighted by Crippen LogP contribution is 2.37. The van der Waals surface area contributed by atoms with Gasteiger partial charge in [0.25, 0.3) is 0 Å². The van der Waals surface area contributed by atoms with Crippen LogP contribution in [0.25, 0.3) is 22.1 Å². The van der Waals surface area contributed by atoms with E-state index >= 15 is 0 Å². The first-order chi connectivity index (χ1) is 16.7. The van der Waals surface area contributed by atoms with E-state index in [9.17, 15) is 4.79 Å². The van der Waals surface area contributed by atoms with Crippen molar-refractivity contribution in [3.05, 3.63) is 78.6 Å². The summed E-state index contributed by atoms with van der Waals surface area (Å²) in [6.45, 7) is 0.302. The number of aromatic nitrogens is 5. The van der Waals surface area contributed by atoms with Gasteiger partial charge in [-0.15, -0.1) is 16.9 Å². The summed E-state index contributed by atoms with van der Waals surface area (Å²) in [5.74, 6) is 0.0139. The number of aromatic amines is 1. The maximum atomic E-state index is 13.3. The topological polar surface area (TPSA) is 92.1 Å². The van der Waals surface area contributed by atoms with Gasteiger partial charge in [0.1, 0.15) is 18.2 Å². The lowest BCUT2D eigenvalue weighted by Crippen LogP contribution is -2.29. The largest absolute Gasteiger partial charge is 0.345 e. The van der Waals surface area contributed by atoms with Crippen LogP contribution in [0.15, 0.2) is 82.9 Å². The number of nitrogens with one attached hydrogen (secondary N) is 1. The van der Waals surface area contributed by atoms with Gasteiger partial charge in [0, 0.05) is 10.6 Å². The van der Waals surface area contributed by atoms with Gasteiger partial charge in [0.15, 0.2) is 0 Å². The number of hydrogen-bond donors (Lipinski definition) is 1. The van der Waals surface area contributed by atoms with Gasteiger partial charge in [-0.2, -0.15) is 0 Å². The van der Waals surface area contributed by atoms with Crippen molar-refractivity contribution in [2.75, 3.05) is 11.2 Å². The molecule has 1 amide bonds. The van der Waals surface area contributed by atoms with Crippen LogP contribution in [-0.4, -0.2) is 42.8 Å². The van der Waals surface area contributed by atoms with Gasteiger partial charge in [-0.25, -0.2) is 9.67 Å². The number of rotatable bonds is 5. The van der Waals surface area contributed by atoms with E-state index in [-0.39, 0.29) is 18.4 Å². The Morgan fingerprint density at radius 3 is 2.79 bits per heavy atom. The molecule has 9 heteroatoms. The molecule has 1 N–H and O–H groups in total. The second-order valence-electron chi connectivity index (χ2n) is 8.09. The third kappa shape index (κ3) is 3.54. The smallest absolute Gasteiger partial charge is 0.233 e. The number of fused-ring (bicyclic) bond motifs is 2. The molecule has 6 rings (SSSR count). The van der Waals surface area contributed by atoms with E-state index in [1.165, 1.54) is 4.90 Å².